The molecule has 1 saturated carbocycles. The number of rotatable bonds is 4. The molecule has 1 aromatic heterocycles. The Morgan fingerprint density at radius 2 is 2.17 bits per heavy atom. The molecule has 0 spiro atoms. The van der Waals surface area contributed by atoms with E-state index in [1.54, 1.807) is 0 Å². The standard InChI is InChI=1S/C14H24ClN3/c1-3-18-12(9-11(2)17-18)10-16-14-8-6-4-5-7-13(14)15/h9,13-14,16H,3-8,10H2,1-2H3. The Hall–Kier alpha value is -0.540. The van der Waals surface area contributed by atoms with Gasteiger partial charge in [0.25, 0.3) is 0 Å². The average Bonchev–Trinajstić information content (AvgIpc) is 2.59. The summed E-state index contributed by atoms with van der Waals surface area (Å²) in [4.78, 5) is 0. The first-order chi connectivity index (χ1) is 8.70. The van der Waals surface area contributed by atoms with Crippen LogP contribution in [-0.2, 0) is 13.1 Å². The van der Waals surface area contributed by atoms with Gasteiger partial charge < -0.3 is 5.32 Å². The van der Waals surface area contributed by atoms with Crippen molar-refractivity contribution in [1.82, 2.24) is 15.1 Å². The lowest BCUT2D eigenvalue weighted by Crippen LogP contribution is -2.36. The number of nitrogens with one attached hydrogen (secondary N) is 1. The number of aromatic nitrogens is 2. The van der Waals surface area contributed by atoms with Crippen molar-refractivity contribution < 1.29 is 0 Å². The molecule has 0 aliphatic heterocycles. The molecule has 1 heterocycles. The lowest BCUT2D eigenvalue weighted by molar-refractivity contribution is 0.451. The van der Waals surface area contributed by atoms with Gasteiger partial charge in [-0.15, -0.1) is 11.6 Å². The molecule has 3 nitrogen and oxygen atoms in total. The minimum Gasteiger partial charge on any atom is -0.307 e. The monoisotopic (exact) mass is 269 g/mol. The molecular weight excluding hydrogens is 246 g/mol. The fourth-order valence-electron chi connectivity index (χ4n) is 2.74. The molecule has 1 fully saturated rings. The van der Waals surface area contributed by atoms with Crippen molar-refractivity contribution in [2.24, 2.45) is 0 Å². The summed E-state index contributed by atoms with van der Waals surface area (Å²) in [6.45, 7) is 5.99. The van der Waals surface area contributed by atoms with E-state index in [9.17, 15) is 0 Å². The first-order valence-corrected chi connectivity index (χ1v) is 7.55. The summed E-state index contributed by atoms with van der Waals surface area (Å²) < 4.78 is 2.07. The number of hydrogen-bond acceptors (Lipinski definition) is 2. The Labute approximate surface area is 115 Å². The van der Waals surface area contributed by atoms with Crippen molar-refractivity contribution >= 4 is 11.6 Å². The Morgan fingerprint density at radius 3 is 2.94 bits per heavy atom. The molecule has 1 N–H and O–H groups in total. The van der Waals surface area contributed by atoms with Crippen LogP contribution in [0.2, 0.25) is 0 Å². The fraction of sp³-hybridized carbons (Fsp3) is 0.786. The molecule has 0 amide bonds. The maximum Gasteiger partial charge on any atom is 0.0597 e. The lowest BCUT2D eigenvalue weighted by Gasteiger charge is -2.21. The third-order valence-corrected chi connectivity index (χ3v) is 4.28. The van der Waals surface area contributed by atoms with Gasteiger partial charge in [0.05, 0.1) is 11.4 Å². The summed E-state index contributed by atoms with van der Waals surface area (Å²) in [5.41, 5.74) is 2.36. The molecule has 1 aromatic rings. The molecule has 18 heavy (non-hydrogen) atoms. The van der Waals surface area contributed by atoms with Crippen molar-refractivity contribution in [3.8, 4) is 0 Å². The summed E-state index contributed by atoms with van der Waals surface area (Å²) in [5.74, 6) is 0. The van der Waals surface area contributed by atoms with Crippen LogP contribution in [0.4, 0.5) is 0 Å². The number of alkyl halides is 1. The van der Waals surface area contributed by atoms with Crippen molar-refractivity contribution in [1.29, 1.82) is 0 Å². The van der Waals surface area contributed by atoms with Crippen molar-refractivity contribution in [2.45, 2.75) is 70.5 Å². The van der Waals surface area contributed by atoms with E-state index in [0.717, 1.165) is 25.2 Å². The van der Waals surface area contributed by atoms with Crippen LogP contribution in [0.15, 0.2) is 6.07 Å². The second-order valence-corrected chi connectivity index (χ2v) is 5.79. The van der Waals surface area contributed by atoms with Crippen molar-refractivity contribution in [2.75, 3.05) is 0 Å². The van der Waals surface area contributed by atoms with Gasteiger partial charge in [0.15, 0.2) is 0 Å². The molecule has 2 unspecified atom stereocenters. The summed E-state index contributed by atoms with van der Waals surface area (Å²) >= 11 is 6.45. The highest BCUT2D eigenvalue weighted by molar-refractivity contribution is 6.21. The largest absolute Gasteiger partial charge is 0.307 e. The van der Waals surface area contributed by atoms with E-state index in [2.05, 4.69) is 28.1 Å². The Balaban J connectivity index is 1.93. The minimum atomic E-state index is 0.284. The van der Waals surface area contributed by atoms with Gasteiger partial charge >= 0.3 is 0 Å². The van der Waals surface area contributed by atoms with Crippen molar-refractivity contribution in [3.63, 3.8) is 0 Å². The highest BCUT2D eigenvalue weighted by Gasteiger charge is 2.21. The smallest absolute Gasteiger partial charge is 0.0597 e. The number of hydrogen-bond donors (Lipinski definition) is 1. The van der Waals surface area contributed by atoms with Crippen LogP contribution in [0.5, 0.6) is 0 Å². The van der Waals surface area contributed by atoms with E-state index in [1.807, 2.05) is 6.92 Å². The molecule has 0 bridgehead atoms. The number of nitrogens with zero attached hydrogens (tertiary/aromatic N) is 2. The third-order valence-electron chi connectivity index (χ3n) is 3.76. The quantitative estimate of drug-likeness (QED) is 0.672. The van der Waals surface area contributed by atoms with E-state index in [0.29, 0.717) is 6.04 Å². The molecule has 2 atom stereocenters. The molecule has 1 aliphatic carbocycles. The molecule has 0 saturated heterocycles. The summed E-state index contributed by atoms with van der Waals surface area (Å²) in [7, 11) is 0. The molecule has 1 aliphatic rings. The maximum absolute atomic E-state index is 6.45. The fourth-order valence-corrected chi connectivity index (χ4v) is 3.11. The van der Waals surface area contributed by atoms with Gasteiger partial charge in [-0.2, -0.15) is 5.10 Å². The van der Waals surface area contributed by atoms with Crippen LogP contribution in [0.25, 0.3) is 0 Å². The van der Waals surface area contributed by atoms with Crippen LogP contribution in [0.3, 0.4) is 0 Å². The van der Waals surface area contributed by atoms with Gasteiger partial charge in [0, 0.05) is 24.5 Å². The average molecular weight is 270 g/mol. The van der Waals surface area contributed by atoms with E-state index in [4.69, 9.17) is 11.6 Å². The molecule has 2 rings (SSSR count). The normalized spacial score (nSPS) is 25.1. The van der Waals surface area contributed by atoms with Crippen LogP contribution in [0.1, 0.15) is 50.4 Å². The van der Waals surface area contributed by atoms with Crippen LogP contribution >= 0.6 is 11.6 Å². The summed E-state index contributed by atoms with van der Waals surface area (Å²) in [6, 6.07) is 2.62. The molecule has 0 aromatic carbocycles. The molecule has 0 radical (unpaired) electrons. The molecule has 102 valence electrons. The van der Waals surface area contributed by atoms with E-state index in [-0.39, 0.29) is 5.38 Å². The van der Waals surface area contributed by atoms with Crippen LogP contribution < -0.4 is 5.32 Å². The Bertz CT molecular complexity index is 375. The predicted molar refractivity (Wildman–Crippen MR) is 76.0 cm³/mol. The van der Waals surface area contributed by atoms with E-state index in [1.165, 1.54) is 31.4 Å². The van der Waals surface area contributed by atoms with Gasteiger partial charge in [0.2, 0.25) is 0 Å². The summed E-state index contributed by atoms with van der Waals surface area (Å²) in [6.07, 6.45) is 6.25. The Morgan fingerprint density at radius 1 is 1.39 bits per heavy atom. The third kappa shape index (κ3) is 3.48. The number of aryl methyl sites for hydroxylation is 2. The van der Waals surface area contributed by atoms with Gasteiger partial charge in [-0.1, -0.05) is 19.3 Å². The van der Waals surface area contributed by atoms with Gasteiger partial charge in [-0.05, 0) is 32.8 Å². The molecular formula is C14H24ClN3. The second kappa shape index (κ2) is 6.58. The van der Waals surface area contributed by atoms with Gasteiger partial charge in [-0.3, -0.25) is 4.68 Å². The Kier molecular flexibility index (Phi) is 5.07. The lowest BCUT2D eigenvalue weighted by atomic mass is 10.1. The van der Waals surface area contributed by atoms with Gasteiger partial charge in [0.1, 0.15) is 0 Å². The second-order valence-electron chi connectivity index (χ2n) is 5.23. The van der Waals surface area contributed by atoms with Gasteiger partial charge in [-0.25, -0.2) is 0 Å². The topological polar surface area (TPSA) is 29.9 Å². The SMILES string of the molecule is CCn1nc(C)cc1CNC1CCCCCC1Cl. The summed E-state index contributed by atoms with van der Waals surface area (Å²) in [5, 5.41) is 8.38. The van der Waals surface area contributed by atoms with E-state index < -0.39 is 0 Å². The number of halogens is 1. The zero-order chi connectivity index (χ0) is 13.0. The van der Waals surface area contributed by atoms with Crippen LogP contribution in [0, 0.1) is 6.92 Å². The zero-order valence-corrected chi connectivity index (χ0v) is 12.2. The minimum absolute atomic E-state index is 0.284. The predicted octanol–water partition coefficient (Wildman–Crippen LogP) is 3.24. The first-order valence-electron chi connectivity index (χ1n) is 7.11. The van der Waals surface area contributed by atoms with E-state index >= 15 is 0 Å². The maximum atomic E-state index is 6.45. The highest BCUT2D eigenvalue weighted by atomic mass is 35.5. The van der Waals surface area contributed by atoms with Crippen molar-refractivity contribution in [3.05, 3.63) is 17.5 Å². The molecule has 4 heteroatoms. The highest BCUT2D eigenvalue weighted by Crippen LogP contribution is 2.22. The van der Waals surface area contributed by atoms with Crippen LogP contribution in [-0.4, -0.2) is 21.2 Å². The zero-order valence-electron chi connectivity index (χ0n) is 11.5. The first kappa shape index (κ1) is 13.9.